The van der Waals surface area contributed by atoms with E-state index >= 15 is 0 Å². The molecule has 0 aliphatic rings. The minimum Gasteiger partial charge on any atom is -0.463 e. The Kier molecular flexibility index (Phi) is 4.08. The third-order valence-electron chi connectivity index (χ3n) is 1.98. The molecule has 2 rings (SSSR count). The van der Waals surface area contributed by atoms with Gasteiger partial charge in [-0.2, -0.15) is 19.6 Å². The number of hydrogen-bond acceptors (Lipinski definition) is 8. The maximum absolute atomic E-state index is 11.3. The Morgan fingerprint density at radius 2 is 2.10 bits per heavy atom. The van der Waals surface area contributed by atoms with Crippen molar-refractivity contribution in [1.82, 2.24) is 29.7 Å². The Morgan fingerprint density at radius 3 is 2.75 bits per heavy atom. The Morgan fingerprint density at radius 1 is 1.35 bits per heavy atom. The number of rotatable bonds is 4. The van der Waals surface area contributed by atoms with Gasteiger partial charge in [0.05, 0.1) is 13.2 Å². The predicted octanol–water partition coefficient (Wildman–Crippen LogP) is 0.679. The van der Waals surface area contributed by atoms with Gasteiger partial charge in [-0.15, -0.1) is 5.10 Å². The van der Waals surface area contributed by atoms with Crippen LogP contribution >= 0.6 is 11.6 Å². The van der Waals surface area contributed by atoms with Crippen LogP contribution in [-0.4, -0.2) is 48.9 Å². The number of hydrogen-bond donors (Lipinski definition) is 0. The Bertz CT molecular complexity index is 629. The fraction of sp³-hybridized carbons (Fsp3) is 0.400. The van der Waals surface area contributed by atoms with Crippen LogP contribution in [0.1, 0.15) is 24.5 Å². The molecule has 0 saturated carbocycles. The van der Waals surface area contributed by atoms with E-state index in [0.717, 1.165) is 0 Å². The molecule has 0 spiro atoms. The number of esters is 1. The number of nitrogens with zero attached hydrogens (tertiary/aromatic N) is 6. The van der Waals surface area contributed by atoms with Gasteiger partial charge in [-0.25, -0.2) is 9.78 Å². The molecule has 0 amide bonds. The van der Waals surface area contributed by atoms with Crippen LogP contribution in [-0.2, 0) is 4.74 Å². The van der Waals surface area contributed by atoms with Crippen LogP contribution in [0.5, 0.6) is 6.01 Å². The van der Waals surface area contributed by atoms with Crippen LogP contribution in [0.15, 0.2) is 6.33 Å². The van der Waals surface area contributed by atoms with Crippen molar-refractivity contribution in [2.45, 2.75) is 20.0 Å². The van der Waals surface area contributed by atoms with Crippen LogP contribution in [0.2, 0.25) is 5.28 Å². The minimum absolute atomic E-state index is 0.0548. The highest BCUT2D eigenvalue weighted by Crippen LogP contribution is 2.12. The molecule has 106 valence electrons. The molecule has 20 heavy (non-hydrogen) atoms. The smallest absolute Gasteiger partial charge is 0.377 e. The second-order valence-electron chi connectivity index (χ2n) is 3.86. The molecule has 0 N–H and O–H groups in total. The summed E-state index contributed by atoms with van der Waals surface area (Å²) in [5.74, 6) is -0.693. The molecule has 0 radical (unpaired) electrons. The van der Waals surface area contributed by atoms with E-state index in [1.54, 1.807) is 0 Å². The first-order valence-electron chi connectivity index (χ1n) is 5.58. The van der Waals surface area contributed by atoms with E-state index < -0.39 is 5.97 Å². The molecule has 0 aromatic carbocycles. The minimum atomic E-state index is -0.664. The lowest BCUT2D eigenvalue weighted by atomic mass is 10.5. The fourth-order valence-corrected chi connectivity index (χ4v) is 1.38. The third kappa shape index (κ3) is 3.18. The molecule has 2 aromatic heterocycles. The van der Waals surface area contributed by atoms with Gasteiger partial charge in [0.2, 0.25) is 5.28 Å². The summed E-state index contributed by atoms with van der Waals surface area (Å²) in [5, 5.41) is 3.82. The zero-order chi connectivity index (χ0) is 14.7. The molecule has 2 heterocycles. The van der Waals surface area contributed by atoms with Crippen molar-refractivity contribution in [2.75, 3.05) is 7.11 Å². The van der Waals surface area contributed by atoms with Gasteiger partial charge in [0, 0.05) is 0 Å². The summed E-state index contributed by atoms with van der Waals surface area (Å²) in [4.78, 5) is 26.8. The van der Waals surface area contributed by atoms with E-state index in [2.05, 4.69) is 29.8 Å². The lowest BCUT2D eigenvalue weighted by Crippen LogP contribution is -2.12. The average Bonchev–Trinajstić information content (AvgIpc) is 2.85. The van der Waals surface area contributed by atoms with Gasteiger partial charge in [-0.05, 0) is 25.4 Å². The van der Waals surface area contributed by atoms with E-state index in [9.17, 15) is 4.79 Å². The molecule has 0 fully saturated rings. The first-order chi connectivity index (χ1) is 9.49. The maximum Gasteiger partial charge on any atom is 0.377 e. The quantitative estimate of drug-likeness (QED) is 0.759. The number of ether oxygens (including phenoxy) is 2. The van der Waals surface area contributed by atoms with Gasteiger partial charge in [0.25, 0.3) is 11.8 Å². The standard InChI is InChI=1S/C10H11ClN6O3/c1-5(2)20-10-14-8(11)13-9(15-10)17-4-12-6(16-17)7(18)19-3/h4-5H,1-3H3. The number of aromatic nitrogens is 6. The van der Waals surface area contributed by atoms with Crippen molar-refractivity contribution >= 4 is 17.6 Å². The number of carbonyl (C=O) groups excluding carboxylic acids is 1. The average molecular weight is 299 g/mol. The highest BCUT2D eigenvalue weighted by molar-refractivity contribution is 6.28. The monoisotopic (exact) mass is 298 g/mol. The molecular weight excluding hydrogens is 288 g/mol. The van der Waals surface area contributed by atoms with Gasteiger partial charge >= 0.3 is 12.0 Å². The topological polar surface area (TPSA) is 105 Å². The van der Waals surface area contributed by atoms with Crippen molar-refractivity contribution in [3.63, 3.8) is 0 Å². The van der Waals surface area contributed by atoms with Crippen molar-refractivity contribution in [2.24, 2.45) is 0 Å². The van der Waals surface area contributed by atoms with Crippen molar-refractivity contribution in [3.05, 3.63) is 17.4 Å². The number of carbonyl (C=O) groups is 1. The lowest BCUT2D eigenvalue weighted by molar-refractivity contribution is 0.0587. The van der Waals surface area contributed by atoms with Gasteiger partial charge in [0.1, 0.15) is 6.33 Å². The number of methoxy groups -OCH3 is 1. The molecule has 0 saturated heterocycles. The molecule has 0 aliphatic heterocycles. The summed E-state index contributed by atoms with van der Waals surface area (Å²) in [6, 6.07) is 0.0603. The van der Waals surface area contributed by atoms with Gasteiger partial charge < -0.3 is 9.47 Å². The number of halogens is 1. The summed E-state index contributed by atoms with van der Waals surface area (Å²) >= 11 is 5.78. The van der Waals surface area contributed by atoms with Crippen molar-refractivity contribution in [3.8, 4) is 12.0 Å². The second kappa shape index (κ2) is 5.78. The molecule has 2 aromatic rings. The Hall–Kier alpha value is -2.29. The summed E-state index contributed by atoms with van der Waals surface area (Å²) in [6.07, 6.45) is 1.14. The van der Waals surface area contributed by atoms with Crippen molar-refractivity contribution < 1.29 is 14.3 Å². The van der Waals surface area contributed by atoms with E-state index in [1.165, 1.54) is 18.1 Å². The van der Waals surface area contributed by atoms with Crippen LogP contribution in [0.4, 0.5) is 0 Å². The van der Waals surface area contributed by atoms with E-state index in [-0.39, 0.29) is 29.2 Å². The van der Waals surface area contributed by atoms with Crippen LogP contribution in [0, 0.1) is 0 Å². The normalized spacial score (nSPS) is 10.7. The van der Waals surface area contributed by atoms with Crippen LogP contribution in [0.25, 0.3) is 5.95 Å². The van der Waals surface area contributed by atoms with E-state index in [1.807, 2.05) is 13.8 Å². The van der Waals surface area contributed by atoms with Crippen LogP contribution in [0.3, 0.4) is 0 Å². The molecule has 0 atom stereocenters. The zero-order valence-corrected chi connectivity index (χ0v) is 11.7. The van der Waals surface area contributed by atoms with E-state index in [4.69, 9.17) is 16.3 Å². The molecule has 0 aliphatic carbocycles. The van der Waals surface area contributed by atoms with E-state index in [0.29, 0.717) is 0 Å². The first-order valence-corrected chi connectivity index (χ1v) is 5.96. The van der Waals surface area contributed by atoms with Crippen molar-refractivity contribution in [1.29, 1.82) is 0 Å². The highest BCUT2D eigenvalue weighted by atomic mass is 35.5. The summed E-state index contributed by atoms with van der Waals surface area (Å²) < 4.78 is 11.0. The Balaban J connectivity index is 2.34. The second-order valence-corrected chi connectivity index (χ2v) is 4.20. The highest BCUT2D eigenvalue weighted by Gasteiger charge is 2.15. The molecule has 0 bridgehead atoms. The third-order valence-corrected chi connectivity index (χ3v) is 2.15. The molecule has 9 nitrogen and oxygen atoms in total. The SMILES string of the molecule is COC(=O)c1ncn(-c2nc(Cl)nc(OC(C)C)n2)n1. The summed E-state index contributed by atoms with van der Waals surface area (Å²) in [5.41, 5.74) is 0. The predicted molar refractivity (Wildman–Crippen MR) is 66.9 cm³/mol. The van der Waals surface area contributed by atoms with Gasteiger partial charge in [-0.3, -0.25) is 0 Å². The summed E-state index contributed by atoms with van der Waals surface area (Å²) in [6.45, 7) is 3.64. The fourth-order valence-electron chi connectivity index (χ4n) is 1.23. The maximum atomic E-state index is 11.3. The first kappa shape index (κ1) is 14.1. The summed E-state index contributed by atoms with van der Waals surface area (Å²) in [7, 11) is 1.23. The Labute approximate surface area is 118 Å². The zero-order valence-electron chi connectivity index (χ0n) is 10.9. The molecule has 10 heteroatoms. The largest absolute Gasteiger partial charge is 0.463 e. The molecular formula is C10H11ClN6O3. The molecule has 0 unspecified atom stereocenters. The van der Waals surface area contributed by atoms with Gasteiger partial charge in [0.15, 0.2) is 0 Å². The van der Waals surface area contributed by atoms with Crippen LogP contribution < -0.4 is 4.74 Å². The van der Waals surface area contributed by atoms with Gasteiger partial charge in [-0.1, -0.05) is 0 Å². The lowest BCUT2D eigenvalue weighted by Gasteiger charge is -2.08.